The summed E-state index contributed by atoms with van der Waals surface area (Å²) in [5.41, 5.74) is 5.87. The number of rotatable bonds is 7. The van der Waals surface area contributed by atoms with E-state index in [0.29, 0.717) is 13.2 Å². The third-order valence-electron chi connectivity index (χ3n) is 2.21. The van der Waals surface area contributed by atoms with Crippen molar-refractivity contribution in [2.24, 2.45) is 11.7 Å². The second-order valence-electron chi connectivity index (χ2n) is 3.25. The molecule has 0 saturated carbocycles. The summed E-state index contributed by atoms with van der Waals surface area (Å²) in [6, 6.07) is 0. The Balaban J connectivity index is 4.54. The Morgan fingerprint density at radius 3 is 1.93 bits per heavy atom. The molecule has 0 heterocycles. The average Bonchev–Trinajstić information content (AvgIpc) is 2.16. The Hall–Kier alpha value is 0.110. The molecule has 86 valence electrons. The van der Waals surface area contributed by atoms with Crippen LogP contribution in [0.15, 0.2) is 0 Å². The minimum Gasteiger partial charge on any atom is -0.317 e. The van der Waals surface area contributed by atoms with Gasteiger partial charge in [0.25, 0.3) is 0 Å². The lowest BCUT2D eigenvalue weighted by molar-refractivity contribution is 0.204. The lowest BCUT2D eigenvalue weighted by Crippen LogP contribution is -2.29. The molecule has 0 fully saturated rings. The van der Waals surface area contributed by atoms with Crippen LogP contribution in [0.2, 0.25) is 0 Å². The molecule has 0 aromatic carbocycles. The number of hydrogen-bond donors (Lipinski definition) is 1. The minimum absolute atomic E-state index is 0.138. The van der Waals surface area contributed by atoms with E-state index in [4.69, 9.17) is 14.8 Å². The van der Waals surface area contributed by atoms with Crippen LogP contribution < -0.4 is 5.73 Å². The molecule has 0 aliphatic heterocycles. The Kier molecular flexibility index (Phi) is 6.62. The maximum Gasteiger partial charge on any atom is 0.347 e. The number of nitrogens with two attached hydrogens (primary N) is 1. The molecule has 14 heavy (non-hydrogen) atoms. The third kappa shape index (κ3) is 3.70. The molecular formula is C9H22NO3P. The van der Waals surface area contributed by atoms with Gasteiger partial charge in [0, 0.05) is 0 Å². The second kappa shape index (κ2) is 6.57. The lowest BCUT2D eigenvalue weighted by atomic mass is 10.1. The zero-order valence-corrected chi connectivity index (χ0v) is 10.4. The van der Waals surface area contributed by atoms with E-state index >= 15 is 0 Å². The summed E-state index contributed by atoms with van der Waals surface area (Å²) in [6.45, 7) is 8.26. The van der Waals surface area contributed by atoms with Gasteiger partial charge in [0.05, 0.1) is 13.2 Å². The predicted molar refractivity (Wildman–Crippen MR) is 58.3 cm³/mol. The molecule has 0 aromatic rings. The molecule has 5 heteroatoms. The molecule has 0 unspecified atom stereocenters. The largest absolute Gasteiger partial charge is 0.347 e. The molecule has 0 bridgehead atoms. The third-order valence-corrected chi connectivity index (χ3v) is 4.69. The lowest BCUT2D eigenvalue weighted by Gasteiger charge is -2.26. The molecule has 4 nitrogen and oxygen atoms in total. The summed E-state index contributed by atoms with van der Waals surface area (Å²) >= 11 is 0. The van der Waals surface area contributed by atoms with E-state index in [9.17, 15) is 4.57 Å². The smallest absolute Gasteiger partial charge is 0.317 e. The quantitative estimate of drug-likeness (QED) is 0.674. The standard InChI is InChI=1S/C9H22NO3P/c1-5-8(4)9(10)14(11,12-6-2)13-7-3/h8-9H,5-7,10H2,1-4H3/t8-,9-/m1/s1. The highest BCUT2D eigenvalue weighted by Gasteiger charge is 2.35. The number of hydrogen-bond acceptors (Lipinski definition) is 4. The van der Waals surface area contributed by atoms with Crippen molar-refractivity contribution in [1.82, 2.24) is 0 Å². The van der Waals surface area contributed by atoms with E-state index in [-0.39, 0.29) is 5.92 Å². The van der Waals surface area contributed by atoms with Crippen molar-refractivity contribution in [1.29, 1.82) is 0 Å². The Bertz CT molecular complexity index is 188. The van der Waals surface area contributed by atoms with Crippen molar-refractivity contribution >= 4 is 7.60 Å². The zero-order valence-electron chi connectivity index (χ0n) is 9.53. The van der Waals surface area contributed by atoms with Crippen LogP contribution in [0.1, 0.15) is 34.1 Å². The topological polar surface area (TPSA) is 61.5 Å². The van der Waals surface area contributed by atoms with E-state index in [2.05, 4.69) is 0 Å². The van der Waals surface area contributed by atoms with Gasteiger partial charge in [-0.15, -0.1) is 0 Å². The van der Waals surface area contributed by atoms with Crippen LogP contribution in [0, 0.1) is 5.92 Å². The van der Waals surface area contributed by atoms with E-state index in [1.165, 1.54) is 0 Å². The average molecular weight is 223 g/mol. The summed E-state index contributed by atoms with van der Waals surface area (Å²) in [6.07, 6.45) is 0.866. The Morgan fingerprint density at radius 2 is 1.64 bits per heavy atom. The van der Waals surface area contributed by atoms with Gasteiger partial charge in [0.1, 0.15) is 5.78 Å². The molecular weight excluding hydrogens is 201 g/mol. The molecule has 0 rings (SSSR count). The Morgan fingerprint density at radius 1 is 1.21 bits per heavy atom. The first-order valence-corrected chi connectivity index (χ1v) is 6.77. The van der Waals surface area contributed by atoms with Gasteiger partial charge < -0.3 is 14.8 Å². The van der Waals surface area contributed by atoms with Crippen molar-refractivity contribution in [3.63, 3.8) is 0 Å². The summed E-state index contributed by atoms with van der Waals surface area (Å²) in [7, 11) is -3.11. The van der Waals surface area contributed by atoms with E-state index in [0.717, 1.165) is 6.42 Å². The maximum atomic E-state index is 12.1. The van der Waals surface area contributed by atoms with E-state index in [1.54, 1.807) is 13.8 Å². The fourth-order valence-electron chi connectivity index (χ4n) is 1.12. The molecule has 0 aliphatic carbocycles. The SMILES string of the molecule is CCOP(=O)(OCC)[C@@H](N)[C@H](C)CC. The monoisotopic (exact) mass is 223 g/mol. The van der Waals surface area contributed by atoms with Gasteiger partial charge in [-0.05, 0) is 19.8 Å². The van der Waals surface area contributed by atoms with Crippen LogP contribution in [0.4, 0.5) is 0 Å². The summed E-state index contributed by atoms with van der Waals surface area (Å²) in [5.74, 6) is -0.383. The van der Waals surface area contributed by atoms with Crippen molar-refractivity contribution in [2.75, 3.05) is 13.2 Å². The molecule has 0 spiro atoms. The molecule has 0 aromatic heterocycles. The zero-order chi connectivity index (χ0) is 11.2. The van der Waals surface area contributed by atoms with Gasteiger partial charge >= 0.3 is 7.60 Å². The highest BCUT2D eigenvalue weighted by molar-refractivity contribution is 7.54. The van der Waals surface area contributed by atoms with Crippen LogP contribution in [0.3, 0.4) is 0 Å². The van der Waals surface area contributed by atoms with Crippen LogP contribution in [0.5, 0.6) is 0 Å². The predicted octanol–water partition coefficient (Wildman–Crippen LogP) is 2.58. The van der Waals surface area contributed by atoms with Gasteiger partial charge in [-0.1, -0.05) is 20.3 Å². The second-order valence-corrected chi connectivity index (χ2v) is 5.44. The van der Waals surface area contributed by atoms with Gasteiger partial charge in [-0.25, -0.2) is 0 Å². The minimum atomic E-state index is -3.11. The van der Waals surface area contributed by atoms with Gasteiger partial charge in [0.15, 0.2) is 0 Å². The molecule has 2 N–H and O–H groups in total. The highest BCUT2D eigenvalue weighted by atomic mass is 31.2. The van der Waals surface area contributed by atoms with Gasteiger partial charge in [0.2, 0.25) is 0 Å². The van der Waals surface area contributed by atoms with Crippen LogP contribution >= 0.6 is 7.60 Å². The van der Waals surface area contributed by atoms with Crippen molar-refractivity contribution < 1.29 is 13.6 Å². The normalized spacial score (nSPS) is 16.6. The van der Waals surface area contributed by atoms with Crippen LogP contribution in [-0.4, -0.2) is 19.0 Å². The maximum absolute atomic E-state index is 12.1. The van der Waals surface area contributed by atoms with E-state index in [1.807, 2.05) is 13.8 Å². The summed E-state index contributed by atoms with van der Waals surface area (Å²) in [4.78, 5) is 0. The first-order chi connectivity index (χ1) is 6.51. The highest BCUT2D eigenvalue weighted by Crippen LogP contribution is 2.53. The first-order valence-electron chi connectivity index (χ1n) is 5.16. The fourth-order valence-corrected chi connectivity index (χ4v) is 3.10. The van der Waals surface area contributed by atoms with Crippen molar-refractivity contribution in [3.8, 4) is 0 Å². The summed E-state index contributed by atoms with van der Waals surface area (Å²) < 4.78 is 22.5. The van der Waals surface area contributed by atoms with E-state index < -0.39 is 13.4 Å². The molecule has 0 aliphatic rings. The van der Waals surface area contributed by atoms with Crippen molar-refractivity contribution in [2.45, 2.75) is 39.9 Å². The molecule has 2 atom stereocenters. The van der Waals surface area contributed by atoms with Crippen LogP contribution in [-0.2, 0) is 13.6 Å². The van der Waals surface area contributed by atoms with Crippen molar-refractivity contribution in [3.05, 3.63) is 0 Å². The molecule has 0 saturated heterocycles. The van der Waals surface area contributed by atoms with Gasteiger partial charge in [-0.3, -0.25) is 4.57 Å². The summed E-state index contributed by atoms with van der Waals surface area (Å²) in [5, 5.41) is 0. The fraction of sp³-hybridized carbons (Fsp3) is 1.00. The van der Waals surface area contributed by atoms with Gasteiger partial charge in [-0.2, -0.15) is 0 Å². The Labute approximate surface area is 86.7 Å². The van der Waals surface area contributed by atoms with Crippen LogP contribution in [0.25, 0.3) is 0 Å². The first kappa shape index (κ1) is 14.1. The molecule has 0 amide bonds. The molecule has 0 radical (unpaired) electrons.